The van der Waals surface area contributed by atoms with Crippen molar-refractivity contribution in [3.05, 3.63) is 59.8 Å². The third-order valence-electron chi connectivity index (χ3n) is 4.39. The molecule has 1 aliphatic heterocycles. The second-order valence-corrected chi connectivity index (χ2v) is 6.58. The first-order valence-corrected chi connectivity index (χ1v) is 9.32. The van der Waals surface area contributed by atoms with Crippen LogP contribution in [0.4, 0.5) is 5.82 Å². The minimum absolute atomic E-state index is 0.0139. The number of amides is 1. The number of hydrogen-bond donors (Lipinski definition) is 2. The van der Waals surface area contributed by atoms with E-state index < -0.39 is 0 Å². The summed E-state index contributed by atoms with van der Waals surface area (Å²) < 4.78 is 5.35. The number of nitrogens with one attached hydrogen (secondary N) is 1. The van der Waals surface area contributed by atoms with Crippen LogP contribution in [0.25, 0.3) is 11.3 Å². The van der Waals surface area contributed by atoms with Crippen molar-refractivity contribution in [1.29, 1.82) is 0 Å². The molecular formula is C21H24N6O2. The quantitative estimate of drug-likeness (QED) is 0.730. The lowest BCUT2D eigenvalue weighted by Crippen LogP contribution is -2.18. The highest BCUT2D eigenvalue weighted by atomic mass is 16.5. The SMILES string of the molecule is CC(=NCC(=O)Nc1ccc(-c2cnccn2)cn1)C(C1=CCOCC1)=C(C)N. The molecule has 0 unspecified atom stereocenters. The van der Waals surface area contributed by atoms with E-state index in [-0.39, 0.29) is 12.5 Å². The number of carbonyl (C=O) groups is 1. The number of allylic oxidation sites excluding steroid dienone is 2. The van der Waals surface area contributed by atoms with Gasteiger partial charge in [-0.3, -0.25) is 19.8 Å². The van der Waals surface area contributed by atoms with Crippen LogP contribution in [-0.4, -0.2) is 46.3 Å². The molecule has 0 atom stereocenters. The van der Waals surface area contributed by atoms with Gasteiger partial charge in [0.15, 0.2) is 0 Å². The van der Waals surface area contributed by atoms with Crippen LogP contribution in [0.1, 0.15) is 20.3 Å². The number of aromatic nitrogens is 3. The van der Waals surface area contributed by atoms with Gasteiger partial charge in [-0.1, -0.05) is 6.08 Å². The molecule has 1 aliphatic rings. The van der Waals surface area contributed by atoms with Gasteiger partial charge >= 0.3 is 0 Å². The second-order valence-electron chi connectivity index (χ2n) is 6.58. The lowest BCUT2D eigenvalue weighted by molar-refractivity contribution is -0.114. The molecule has 1 amide bonds. The van der Waals surface area contributed by atoms with Gasteiger partial charge in [0.2, 0.25) is 5.91 Å². The normalized spacial score (nSPS) is 15.4. The maximum Gasteiger partial charge on any atom is 0.247 e. The zero-order chi connectivity index (χ0) is 20.6. The Morgan fingerprint density at radius 1 is 1.24 bits per heavy atom. The van der Waals surface area contributed by atoms with Crippen molar-refractivity contribution in [3.63, 3.8) is 0 Å². The number of anilines is 1. The Morgan fingerprint density at radius 3 is 2.72 bits per heavy atom. The van der Waals surface area contributed by atoms with Crippen LogP contribution in [0.2, 0.25) is 0 Å². The molecule has 150 valence electrons. The highest BCUT2D eigenvalue weighted by Gasteiger charge is 2.14. The molecule has 2 aromatic rings. The Bertz CT molecular complexity index is 945. The van der Waals surface area contributed by atoms with E-state index in [2.05, 4.69) is 25.3 Å². The van der Waals surface area contributed by atoms with Crippen molar-refractivity contribution in [1.82, 2.24) is 15.0 Å². The number of pyridine rings is 1. The number of rotatable bonds is 6. The van der Waals surface area contributed by atoms with E-state index in [1.807, 2.05) is 26.0 Å². The molecular weight excluding hydrogens is 368 g/mol. The van der Waals surface area contributed by atoms with Crippen LogP contribution in [0.15, 0.2) is 64.8 Å². The fraction of sp³-hybridized carbons (Fsp3) is 0.286. The van der Waals surface area contributed by atoms with Gasteiger partial charge < -0.3 is 15.8 Å². The van der Waals surface area contributed by atoms with Crippen LogP contribution in [0, 0.1) is 0 Å². The van der Waals surface area contributed by atoms with Gasteiger partial charge in [0.1, 0.15) is 12.4 Å². The van der Waals surface area contributed by atoms with Gasteiger partial charge in [0.05, 0.1) is 25.1 Å². The largest absolute Gasteiger partial charge is 0.402 e. The van der Waals surface area contributed by atoms with Gasteiger partial charge in [-0.25, -0.2) is 4.98 Å². The molecule has 0 bridgehead atoms. The van der Waals surface area contributed by atoms with Crippen LogP contribution in [0.5, 0.6) is 0 Å². The molecule has 8 heteroatoms. The van der Waals surface area contributed by atoms with Crippen molar-refractivity contribution in [3.8, 4) is 11.3 Å². The van der Waals surface area contributed by atoms with Crippen molar-refractivity contribution < 1.29 is 9.53 Å². The molecule has 0 aromatic carbocycles. The molecule has 29 heavy (non-hydrogen) atoms. The number of ether oxygens (including phenoxy) is 1. The minimum Gasteiger partial charge on any atom is -0.402 e. The van der Waals surface area contributed by atoms with E-state index >= 15 is 0 Å². The Morgan fingerprint density at radius 2 is 2.10 bits per heavy atom. The summed E-state index contributed by atoms with van der Waals surface area (Å²) in [6, 6.07) is 3.55. The maximum absolute atomic E-state index is 12.3. The zero-order valence-electron chi connectivity index (χ0n) is 16.6. The molecule has 0 spiro atoms. The average Bonchev–Trinajstić information content (AvgIpc) is 2.74. The van der Waals surface area contributed by atoms with Crippen LogP contribution in [0.3, 0.4) is 0 Å². The van der Waals surface area contributed by atoms with E-state index in [0.717, 1.165) is 34.5 Å². The summed E-state index contributed by atoms with van der Waals surface area (Å²) in [5.41, 5.74) is 11.0. The molecule has 3 heterocycles. The van der Waals surface area contributed by atoms with E-state index in [1.165, 1.54) is 0 Å². The summed E-state index contributed by atoms with van der Waals surface area (Å²) in [6.45, 7) is 4.92. The Kier molecular flexibility index (Phi) is 6.80. The summed E-state index contributed by atoms with van der Waals surface area (Å²) >= 11 is 0. The van der Waals surface area contributed by atoms with Crippen molar-refractivity contribution in [2.45, 2.75) is 20.3 Å². The molecule has 3 rings (SSSR count). The molecule has 2 aromatic heterocycles. The molecule has 0 saturated carbocycles. The van der Waals surface area contributed by atoms with Crippen molar-refractivity contribution in [2.75, 3.05) is 25.1 Å². The molecule has 0 radical (unpaired) electrons. The fourth-order valence-electron chi connectivity index (χ4n) is 3.04. The standard InChI is InChI=1S/C21H24N6O2/c1-14(22)21(16-5-9-29-10-6-16)15(2)25-13-20(28)27-19-4-3-17(11-26-19)18-12-23-7-8-24-18/h3-5,7-8,11-12H,6,9-10,13,22H2,1-2H3,(H,26,27,28). The first-order valence-electron chi connectivity index (χ1n) is 9.32. The van der Waals surface area contributed by atoms with Gasteiger partial charge in [0, 0.05) is 41.1 Å². The predicted octanol–water partition coefficient (Wildman–Crippen LogP) is 2.52. The Hall–Kier alpha value is -3.39. The third kappa shape index (κ3) is 5.55. The fourth-order valence-corrected chi connectivity index (χ4v) is 3.04. The Labute approximate surface area is 169 Å². The lowest BCUT2D eigenvalue weighted by Gasteiger charge is -2.18. The van der Waals surface area contributed by atoms with E-state index in [1.54, 1.807) is 30.9 Å². The molecule has 0 fully saturated rings. The Balaban J connectivity index is 1.62. The first-order chi connectivity index (χ1) is 14.0. The predicted molar refractivity (Wildman–Crippen MR) is 112 cm³/mol. The second kappa shape index (κ2) is 9.70. The van der Waals surface area contributed by atoms with Crippen molar-refractivity contribution >= 4 is 17.4 Å². The summed E-state index contributed by atoms with van der Waals surface area (Å²) in [4.78, 5) is 29.2. The number of nitrogens with zero attached hydrogens (tertiary/aromatic N) is 4. The molecule has 0 aliphatic carbocycles. The summed E-state index contributed by atoms with van der Waals surface area (Å²) in [7, 11) is 0. The van der Waals surface area contributed by atoms with E-state index in [4.69, 9.17) is 10.5 Å². The number of hydrogen-bond acceptors (Lipinski definition) is 7. The smallest absolute Gasteiger partial charge is 0.247 e. The number of aliphatic imine (C=N–C) groups is 1. The first kappa shape index (κ1) is 20.3. The topological polar surface area (TPSA) is 115 Å². The summed E-state index contributed by atoms with van der Waals surface area (Å²) in [5.74, 6) is 0.201. The highest BCUT2D eigenvalue weighted by molar-refractivity contribution is 6.04. The monoisotopic (exact) mass is 392 g/mol. The van der Waals surface area contributed by atoms with Gasteiger partial charge in [-0.05, 0) is 38.0 Å². The van der Waals surface area contributed by atoms with Crippen LogP contribution in [-0.2, 0) is 9.53 Å². The third-order valence-corrected chi connectivity index (χ3v) is 4.39. The van der Waals surface area contributed by atoms with E-state index in [0.29, 0.717) is 24.7 Å². The van der Waals surface area contributed by atoms with Gasteiger partial charge in [-0.2, -0.15) is 0 Å². The maximum atomic E-state index is 12.3. The van der Waals surface area contributed by atoms with Crippen molar-refractivity contribution in [2.24, 2.45) is 10.7 Å². The van der Waals surface area contributed by atoms with Crippen LogP contribution < -0.4 is 11.1 Å². The van der Waals surface area contributed by atoms with Gasteiger partial charge in [0.25, 0.3) is 0 Å². The number of nitrogens with two attached hydrogens (primary N) is 1. The number of carbonyl (C=O) groups excluding carboxylic acids is 1. The minimum atomic E-state index is -0.251. The average molecular weight is 392 g/mol. The highest BCUT2D eigenvalue weighted by Crippen LogP contribution is 2.21. The summed E-state index contributed by atoms with van der Waals surface area (Å²) in [5, 5.41) is 2.75. The zero-order valence-corrected chi connectivity index (χ0v) is 16.6. The van der Waals surface area contributed by atoms with Gasteiger partial charge in [-0.15, -0.1) is 0 Å². The summed E-state index contributed by atoms with van der Waals surface area (Å²) in [6.07, 6.45) is 9.32. The van der Waals surface area contributed by atoms with Crippen LogP contribution >= 0.6 is 0 Å². The molecule has 3 N–H and O–H groups in total. The van der Waals surface area contributed by atoms with E-state index in [9.17, 15) is 4.79 Å². The molecule has 8 nitrogen and oxygen atoms in total. The lowest BCUT2D eigenvalue weighted by atomic mass is 9.96. The molecule has 0 saturated heterocycles.